The minimum atomic E-state index is -2.32. The van der Waals surface area contributed by atoms with Crippen molar-refractivity contribution < 1.29 is 18.6 Å². The van der Waals surface area contributed by atoms with E-state index in [9.17, 15) is 9.59 Å². The molecule has 1 aromatic heterocycles. The number of rotatable bonds is 13. The first-order valence-electron chi connectivity index (χ1n) is 17.6. The van der Waals surface area contributed by atoms with Gasteiger partial charge in [-0.3, -0.25) is 9.36 Å². The smallest absolute Gasteiger partial charge is 0.335 e. The van der Waals surface area contributed by atoms with E-state index in [2.05, 4.69) is 70.3 Å². The van der Waals surface area contributed by atoms with Gasteiger partial charge in [-0.15, -0.1) is 0 Å². The highest BCUT2D eigenvalue weighted by Crippen LogP contribution is 2.44. The lowest BCUT2D eigenvalue weighted by Gasteiger charge is -2.39. The Labute approximate surface area is 301 Å². The van der Waals surface area contributed by atoms with Crippen molar-refractivity contribution in [3.8, 4) is 0 Å². The molecule has 1 aliphatic rings. The molecule has 0 saturated carbocycles. The van der Waals surface area contributed by atoms with E-state index in [1.807, 2.05) is 84.9 Å². The third-order valence-corrected chi connectivity index (χ3v) is 14.6. The molecule has 1 fully saturated rings. The van der Waals surface area contributed by atoms with Crippen LogP contribution in [0.25, 0.3) is 0 Å². The van der Waals surface area contributed by atoms with Crippen molar-refractivity contribution in [3.63, 3.8) is 0 Å². The van der Waals surface area contributed by atoms with Gasteiger partial charge < -0.3 is 18.6 Å². The molecule has 1 aliphatic heterocycles. The maximum absolute atomic E-state index is 14.0. The van der Waals surface area contributed by atoms with Gasteiger partial charge in [-0.2, -0.15) is 0 Å². The van der Waals surface area contributed by atoms with Gasteiger partial charge in [0, 0.05) is 18.7 Å². The van der Waals surface area contributed by atoms with Gasteiger partial charge in [0.15, 0.2) is 14.5 Å². The minimum absolute atomic E-state index is 0.0791. The molecule has 51 heavy (non-hydrogen) atoms. The number of aromatic nitrogens is 2. The standard InChI is InChI=1S/C42H48N2O6Si/c1-41(2,3)51(4,5)50-37-28-36(49-39(37)43-27-26-38(45)44(40(43)46)31-47-29-32-18-10-6-11-19-32)30-48-42(33-20-12-7-13-21-33,34-22-14-8-15-23-34)35-24-16-9-17-25-35/h6-27,36-37,39H,28-31H2,1-5H3/t36-,37+,39+/m0/s1. The summed E-state index contributed by atoms with van der Waals surface area (Å²) in [6, 6.07) is 41.7. The summed E-state index contributed by atoms with van der Waals surface area (Å²) in [7, 11) is -2.32. The molecule has 2 heterocycles. The average molecular weight is 705 g/mol. The topological polar surface area (TPSA) is 80.9 Å². The fourth-order valence-electron chi connectivity index (χ4n) is 6.39. The van der Waals surface area contributed by atoms with Crippen molar-refractivity contribution in [3.05, 3.63) is 177 Å². The van der Waals surface area contributed by atoms with Crippen molar-refractivity contribution in [2.75, 3.05) is 6.61 Å². The van der Waals surface area contributed by atoms with Gasteiger partial charge in [-0.1, -0.05) is 142 Å². The minimum Gasteiger partial charge on any atom is -0.409 e. The molecule has 0 amide bonds. The lowest BCUT2D eigenvalue weighted by atomic mass is 9.80. The molecular weight excluding hydrogens is 657 g/mol. The highest BCUT2D eigenvalue weighted by atomic mass is 28.4. The van der Waals surface area contributed by atoms with Gasteiger partial charge >= 0.3 is 5.69 Å². The summed E-state index contributed by atoms with van der Waals surface area (Å²) in [5, 5.41) is -0.0791. The monoisotopic (exact) mass is 704 g/mol. The Morgan fingerprint density at radius 1 is 0.745 bits per heavy atom. The first-order valence-corrected chi connectivity index (χ1v) is 20.5. The molecule has 0 aliphatic carbocycles. The maximum Gasteiger partial charge on any atom is 0.335 e. The number of benzene rings is 4. The summed E-state index contributed by atoms with van der Waals surface area (Å²) in [6.45, 7) is 11.3. The highest BCUT2D eigenvalue weighted by molar-refractivity contribution is 6.74. The quantitative estimate of drug-likeness (QED) is 0.0917. The SMILES string of the molecule is CC(C)(C)[Si](C)(C)O[C@@H]1C[C@@H](COC(c2ccccc2)(c2ccccc2)c2ccccc2)O[C@H]1n1ccc(=O)n(COCc2ccccc2)c1=O. The van der Waals surface area contributed by atoms with E-state index < -0.39 is 43.6 Å². The first kappa shape index (κ1) is 36.4. The molecule has 3 atom stereocenters. The molecule has 266 valence electrons. The van der Waals surface area contributed by atoms with Crippen LogP contribution < -0.4 is 11.2 Å². The van der Waals surface area contributed by atoms with Crippen LogP contribution in [0, 0.1) is 0 Å². The molecule has 1 saturated heterocycles. The van der Waals surface area contributed by atoms with Crippen LogP contribution in [0.4, 0.5) is 0 Å². The normalized spacial score (nSPS) is 18.2. The van der Waals surface area contributed by atoms with Crippen LogP contribution in [0.2, 0.25) is 18.1 Å². The van der Waals surface area contributed by atoms with Crippen LogP contribution in [-0.2, 0) is 37.6 Å². The molecule has 0 unspecified atom stereocenters. The third kappa shape index (κ3) is 7.93. The zero-order valence-corrected chi connectivity index (χ0v) is 31.1. The van der Waals surface area contributed by atoms with Crippen molar-refractivity contribution in [1.82, 2.24) is 9.13 Å². The molecule has 0 bridgehead atoms. The van der Waals surface area contributed by atoms with Gasteiger partial charge in [0.25, 0.3) is 5.56 Å². The Balaban J connectivity index is 1.33. The predicted octanol–water partition coefficient (Wildman–Crippen LogP) is 7.87. The molecule has 0 N–H and O–H groups in total. The van der Waals surface area contributed by atoms with E-state index in [0.717, 1.165) is 26.8 Å². The Hall–Kier alpha value is -4.38. The van der Waals surface area contributed by atoms with Gasteiger partial charge in [0.05, 0.1) is 25.4 Å². The number of nitrogens with zero attached hydrogens (tertiary/aromatic N) is 2. The number of hydrogen-bond acceptors (Lipinski definition) is 6. The molecule has 9 heteroatoms. The number of ether oxygens (including phenoxy) is 3. The van der Waals surface area contributed by atoms with Crippen LogP contribution >= 0.6 is 0 Å². The summed E-state index contributed by atoms with van der Waals surface area (Å²) in [6.07, 6.45) is 0.369. The van der Waals surface area contributed by atoms with Gasteiger partial charge in [0.1, 0.15) is 12.3 Å². The van der Waals surface area contributed by atoms with Crippen molar-refractivity contribution in [2.24, 2.45) is 0 Å². The largest absolute Gasteiger partial charge is 0.409 e. The molecule has 5 aromatic rings. The zero-order valence-electron chi connectivity index (χ0n) is 30.1. The summed E-state index contributed by atoms with van der Waals surface area (Å²) in [4.78, 5) is 27.0. The molecular formula is C42H48N2O6Si. The zero-order chi connectivity index (χ0) is 36.1. The second-order valence-electron chi connectivity index (χ2n) is 14.6. The van der Waals surface area contributed by atoms with Crippen LogP contribution in [0.15, 0.2) is 143 Å². The highest BCUT2D eigenvalue weighted by Gasteiger charge is 2.47. The summed E-state index contributed by atoms with van der Waals surface area (Å²) in [5.74, 6) is 0. The van der Waals surface area contributed by atoms with Crippen molar-refractivity contribution in [1.29, 1.82) is 0 Å². The lowest BCUT2D eigenvalue weighted by Crippen LogP contribution is -2.47. The van der Waals surface area contributed by atoms with Gasteiger partial charge in [-0.05, 0) is 40.4 Å². The third-order valence-electron chi connectivity index (χ3n) is 10.1. The van der Waals surface area contributed by atoms with Crippen LogP contribution in [0.5, 0.6) is 0 Å². The van der Waals surface area contributed by atoms with E-state index in [1.165, 1.54) is 16.8 Å². The van der Waals surface area contributed by atoms with Crippen LogP contribution in [0.1, 0.15) is 55.7 Å². The van der Waals surface area contributed by atoms with Crippen LogP contribution in [0.3, 0.4) is 0 Å². The summed E-state index contributed by atoms with van der Waals surface area (Å²) >= 11 is 0. The van der Waals surface area contributed by atoms with Gasteiger partial charge in [-0.25, -0.2) is 9.36 Å². The number of hydrogen-bond donors (Lipinski definition) is 0. The Morgan fingerprint density at radius 2 is 1.25 bits per heavy atom. The Morgan fingerprint density at radius 3 is 1.76 bits per heavy atom. The molecule has 0 spiro atoms. The van der Waals surface area contributed by atoms with E-state index in [-0.39, 0.29) is 25.0 Å². The van der Waals surface area contributed by atoms with E-state index in [4.69, 9.17) is 18.6 Å². The van der Waals surface area contributed by atoms with E-state index >= 15 is 0 Å². The molecule has 0 radical (unpaired) electrons. The van der Waals surface area contributed by atoms with Gasteiger partial charge in [0.2, 0.25) is 0 Å². The van der Waals surface area contributed by atoms with E-state index in [1.54, 1.807) is 0 Å². The molecule has 6 rings (SSSR count). The fourth-order valence-corrected chi connectivity index (χ4v) is 7.71. The Bertz CT molecular complexity index is 1880. The maximum atomic E-state index is 14.0. The second kappa shape index (κ2) is 15.5. The first-order chi connectivity index (χ1) is 24.5. The van der Waals surface area contributed by atoms with Crippen molar-refractivity contribution >= 4 is 8.32 Å². The van der Waals surface area contributed by atoms with Crippen molar-refractivity contribution in [2.45, 2.75) is 82.7 Å². The summed E-state index contributed by atoms with van der Waals surface area (Å²) in [5.41, 5.74) is 2.03. The van der Waals surface area contributed by atoms with Crippen LogP contribution in [-0.4, -0.2) is 36.3 Å². The molecule has 8 nitrogen and oxygen atoms in total. The lowest BCUT2D eigenvalue weighted by molar-refractivity contribution is -0.0872. The van der Waals surface area contributed by atoms with E-state index in [0.29, 0.717) is 6.42 Å². The predicted molar refractivity (Wildman–Crippen MR) is 202 cm³/mol. The fraction of sp³-hybridized carbons (Fsp3) is 0.333. The Kier molecular flexibility index (Phi) is 11.0. The molecule has 4 aromatic carbocycles. The average Bonchev–Trinajstić information content (AvgIpc) is 3.52. The summed E-state index contributed by atoms with van der Waals surface area (Å²) < 4.78 is 29.3. The second-order valence-corrected chi connectivity index (χ2v) is 19.4.